The van der Waals surface area contributed by atoms with Crippen molar-refractivity contribution in [2.45, 2.75) is 18.8 Å². The Bertz CT molecular complexity index is 974. The lowest BCUT2D eigenvalue weighted by Crippen LogP contribution is -2.39. The highest BCUT2D eigenvalue weighted by Crippen LogP contribution is 2.32. The van der Waals surface area contributed by atoms with E-state index >= 15 is 0 Å². The topological polar surface area (TPSA) is 69.0 Å². The number of thiazole rings is 1. The van der Waals surface area contributed by atoms with Crippen molar-refractivity contribution in [2.24, 2.45) is 0 Å². The number of nitrogens with zero attached hydrogens (tertiary/aromatic N) is 3. The van der Waals surface area contributed by atoms with E-state index < -0.39 is 0 Å². The van der Waals surface area contributed by atoms with E-state index in [1.807, 2.05) is 18.2 Å². The number of fused-ring (bicyclic) bond motifs is 1. The van der Waals surface area contributed by atoms with E-state index in [1.165, 1.54) is 4.70 Å². The molecule has 1 N–H and O–H groups in total. The number of nitriles is 1. The number of aromatic nitrogens is 1. The van der Waals surface area contributed by atoms with Crippen molar-refractivity contribution >= 4 is 33.1 Å². The van der Waals surface area contributed by atoms with Gasteiger partial charge in [0.15, 0.2) is 0 Å². The number of likely N-dealkylation sites (tertiary alicyclic amines) is 1. The van der Waals surface area contributed by atoms with Crippen molar-refractivity contribution < 1.29 is 4.79 Å². The number of hydrogen-bond acceptors (Lipinski definition) is 5. The molecule has 27 heavy (non-hydrogen) atoms. The molecule has 1 aliphatic heterocycles. The number of hydrogen-bond donors (Lipinski definition) is 1. The van der Waals surface area contributed by atoms with Crippen LogP contribution in [0.15, 0.2) is 48.5 Å². The molecule has 0 spiro atoms. The van der Waals surface area contributed by atoms with Crippen molar-refractivity contribution in [1.29, 1.82) is 5.26 Å². The van der Waals surface area contributed by atoms with E-state index in [9.17, 15) is 4.79 Å². The minimum atomic E-state index is -0.0809. The van der Waals surface area contributed by atoms with Gasteiger partial charge in [-0.25, -0.2) is 4.98 Å². The normalized spacial score (nSPS) is 17.5. The molecule has 1 aliphatic rings. The van der Waals surface area contributed by atoms with E-state index in [4.69, 9.17) is 10.2 Å². The number of nitrogens with one attached hydrogen (secondary N) is 1. The number of anilines is 1. The van der Waals surface area contributed by atoms with E-state index in [0.29, 0.717) is 23.7 Å². The molecule has 2 aromatic carbocycles. The predicted molar refractivity (Wildman–Crippen MR) is 108 cm³/mol. The van der Waals surface area contributed by atoms with Gasteiger partial charge < -0.3 is 5.32 Å². The zero-order valence-electron chi connectivity index (χ0n) is 14.9. The summed E-state index contributed by atoms with van der Waals surface area (Å²) >= 11 is 1.76. The number of rotatable bonds is 4. The second-order valence-electron chi connectivity index (χ2n) is 6.80. The van der Waals surface area contributed by atoms with Crippen LogP contribution in [-0.2, 0) is 4.79 Å². The minimum Gasteiger partial charge on any atom is -0.324 e. The SMILES string of the molecule is N#Cc1ccccc1NC(=O)CN1CCC[C@@H](c2nc3ccccc3s2)C1. The summed E-state index contributed by atoms with van der Waals surface area (Å²) < 4.78 is 1.22. The maximum Gasteiger partial charge on any atom is 0.238 e. The molecule has 0 radical (unpaired) electrons. The van der Waals surface area contributed by atoms with Crippen LogP contribution in [0.5, 0.6) is 0 Å². The van der Waals surface area contributed by atoms with Gasteiger partial charge in [-0.05, 0) is 43.7 Å². The van der Waals surface area contributed by atoms with Crippen molar-refractivity contribution in [1.82, 2.24) is 9.88 Å². The molecule has 0 bridgehead atoms. The highest BCUT2D eigenvalue weighted by Gasteiger charge is 2.25. The van der Waals surface area contributed by atoms with Crippen LogP contribution in [0, 0.1) is 11.3 Å². The third-order valence-electron chi connectivity index (χ3n) is 4.85. The molecule has 4 rings (SSSR count). The lowest BCUT2D eigenvalue weighted by atomic mass is 9.99. The van der Waals surface area contributed by atoms with Crippen molar-refractivity contribution in [3.8, 4) is 6.07 Å². The summed E-state index contributed by atoms with van der Waals surface area (Å²) in [6.45, 7) is 2.09. The summed E-state index contributed by atoms with van der Waals surface area (Å²) in [5, 5.41) is 13.2. The number of para-hydroxylation sites is 2. The Morgan fingerprint density at radius 2 is 2.07 bits per heavy atom. The molecule has 6 heteroatoms. The summed E-state index contributed by atoms with van der Waals surface area (Å²) in [6.07, 6.45) is 2.16. The molecule has 0 saturated carbocycles. The first kappa shape index (κ1) is 17.7. The third-order valence-corrected chi connectivity index (χ3v) is 6.05. The second-order valence-corrected chi connectivity index (χ2v) is 7.86. The number of benzene rings is 2. The lowest BCUT2D eigenvalue weighted by molar-refractivity contribution is -0.117. The van der Waals surface area contributed by atoms with Gasteiger partial charge in [-0.2, -0.15) is 5.26 Å². The monoisotopic (exact) mass is 376 g/mol. The quantitative estimate of drug-likeness (QED) is 0.748. The fourth-order valence-electron chi connectivity index (χ4n) is 3.55. The summed E-state index contributed by atoms with van der Waals surface area (Å²) in [5.74, 6) is 0.290. The molecule has 1 aromatic heterocycles. The number of piperidine rings is 1. The average Bonchev–Trinajstić information content (AvgIpc) is 3.13. The molecular weight excluding hydrogens is 356 g/mol. The average molecular weight is 376 g/mol. The van der Waals surface area contributed by atoms with Crippen LogP contribution in [0.1, 0.15) is 29.3 Å². The first-order valence-corrected chi connectivity index (χ1v) is 9.91. The highest BCUT2D eigenvalue weighted by atomic mass is 32.1. The van der Waals surface area contributed by atoms with Gasteiger partial charge in [-0.3, -0.25) is 9.69 Å². The largest absolute Gasteiger partial charge is 0.324 e. The van der Waals surface area contributed by atoms with Crippen molar-refractivity contribution in [3.63, 3.8) is 0 Å². The smallest absolute Gasteiger partial charge is 0.238 e. The molecule has 2 heterocycles. The molecule has 0 aliphatic carbocycles. The zero-order chi connectivity index (χ0) is 18.6. The third kappa shape index (κ3) is 4.00. The Morgan fingerprint density at radius 1 is 1.26 bits per heavy atom. The number of carbonyl (C=O) groups is 1. The van der Waals surface area contributed by atoms with Crippen LogP contribution >= 0.6 is 11.3 Å². The molecule has 3 aromatic rings. The van der Waals surface area contributed by atoms with Gasteiger partial charge in [0, 0.05) is 12.5 Å². The number of carbonyl (C=O) groups excluding carboxylic acids is 1. The fourth-order valence-corrected chi connectivity index (χ4v) is 4.64. The van der Waals surface area contributed by atoms with Gasteiger partial charge in [0.25, 0.3) is 0 Å². The molecule has 5 nitrogen and oxygen atoms in total. The predicted octanol–water partition coefficient (Wildman–Crippen LogP) is 3.99. The van der Waals surface area contributed by atoms with Gasteiger partial charge in [0.2, 0.25) is 5.91 Å². The Kier molecular flexibility index (Phi) is 5.14. The van der Waals surface area contributed by atoms with Gasteiger partial charge in [0.1, 0.15) is 6.07 Å². The standard InChI is InChI=1S/C21H20N4OS/c22-12-15-6-1-2-8-17(15)23-20(26)14-25-11-5-7-16(13-25)21-24-18-9-3-4-10-19(18)27-21/h1-4,6,8-10,16H,5,7,11,13-14H2,(H,23,26)/t16-/m1/s1. The maximum absolute atomic E-state index is 12.5. The Morgan fingerprint density at radius 3 is 2.93 bits per heavy atom. The zero-order valence-corrected chi connectivity index (χ0v) is 15.7. The molecule has 1 atom stereocenters. The minimum absolute atomic E-state index is 0.0809. The van der Waals surface area contributed by atoms with Crippen molar-refractivity contribution in [3.05, 3.63) is 59.1 Å². The fraction of sp³-hybridized carbons (Fsp3) is 0.286. The first-order chi connectivity index (χ1) is 13.2. The van der Waals surface area contributed by atoms with Gasteiger partial charge in [-0.15, -0.1) is 11.3 Å². The first-order valence-electron chi connectivity index (χ1n) is 9.10. The summed E-state index contributed by atoms with van der Waals surface area (Å²) in [7, 11) is 0. The summed E-state index contributed by atoms with van der Waals surface area (Å²) in [5.41, 5.74) is 2.11. The van der Waals surface area contributed by atoms with E-state index in [0.717, 1.165) is 36.5 Å². The molecular formula is C21H20N4OS. The van der Waals surface area contributed by atoms with Crippen LogP contribution in [0.4, 0.5) is 5.69 Å². The lowest BCUT2D eigenvalue weighted by Gasteiger charge is -2.31. The summed E-state index contributed by atoms with van der Waals surface area (Å²) in [4.78, 5) is 19.4. The summed E-state index contributed by atoms with van der Waals surface area (Å²) in [6, 6.07) is 17.4. The molecule has 136 valence electrons. The number of amides is 1. The molecule has 1 amide bonds. The van der Waals surface area contributed by atoms with E-state index in [2.05, 4.69) is 28.4 Å². The maximum atomic E-state index is 12.5. The Hall–Kier alpha value is -2.75. The van der Waals surface area contributed by atoms with Crippen LogP contribution in [0.25, 0.3) is 10.2 Å². The molecule has 1 saturated heterocycles. The van der Waals surface area contributed by atoms with Gasteiger partial charge in [0.05, 0.1) is 33.0 Å². The van der Waals surface area contributed by atoms with Crippen LogP contribution in [0.3, 0.4) is 0 Å². The van der Waals surface area contributed by atoms with Crippen LogP contribution < -0.4 is 5.32 Å². The van der Waals surface area contributed by atoms with Gasteiger partial charge in [-0.1, -0.05) is 24.3 Å². The van der Waals surface area contributed by atoms with Gasteiger partial charge >= 0.3 is 0 Å². The highest BCUT2D eigenvalue weighted by molar-refractivity contribution is 7.18. The van der Waals surface area contributed by atoms with E-state index in [-0.39, 0.29) is 5.91 Å². The molecule has 0 unspecified atom stereocenters. The van der Waals surface area contributed by atoms with E-state index in [1.54, 1.807) is 29.5 Å². The van der Waals surface area contributed by atoms with Crippen LogP contribution in [0.2, 0.25) is 0 Å². The van der Waals surface area contributed by atoms with Crippen molar-refractivity contribution in [2.75, 3.05) is 25.0 Å². The molecule has 1 fully saturated rings. The second kappa shape index (κ2) is 7.87. The van der Waals surface area contributed by atoms with Crippen LogP contribution in [-0.4, -0.2) is 35.4 Å². The Labute approximate surface area is 162 Å². The Balaban J connectivity index is 1.41.